The van der Waals surface area contributed by atoms with Crippen LogP contribution in [0.5, 0.6) is 5.75 Å². The smallest absolute Gasteiger partial charge is 0.255 e. The van der Waals surface area contributed by atoms with Gasteiger partial charge in [-0.1, -0.05) is 24.3 Å². The number of primary amides is 1. The van der Waals surface area contributed by atoms with Crippen molar-refractivity contribution in [3.8, 4) is 5.75 Å². The molecule has 2 aromatic rings. The van der Waals surface area contributed by atoms with Crippen molar-refractivity contribution in [1.29, 1.82) is 0 Å². The van der Waals surface area contributed by atoms with E-state index >= 15 is 0 Å². The number of nitrogens with two attached hydrogens (primary N) is 1. The van der Waals surface area contributed by atoms with E-state index in [9.17, 15) is 4.79 Å². The summed E-state index contributed by atoms with van der Waals surface area (Å²) in [4.78, 5) is 10.6. The molecule has 0 spiro atoms. The van der Waals surface area contributed by atoms with Gasteiger partial charge in [0.25, 0.3) is 5.91 Å². The van der Waals surface area contributed by atoms with Gasteiger partial charge >= 0.3 is 0 Å². The van der Waals surface area contributed by atoms with Crippen LogP contribution >= 0.6 is 0 Å². The minimum absolute atomic E-state index is 0.0487. The predicted octanol–water partition coefficient (Wildman–Crippen LogP) is 1.66. The molecule has 5 nitrogen and oxygen atoms in total. The summed E-state index contributed by atoms with van der Waals surface area (Å²) in [6, 6.07) is 15.1. The van der Waals surface area contributed by atoms with Gasteiger partial charge in [0.1, 0.15) is 5.75 Å². The first-order valence-corrected chi connectivity index (χ1v) is 6.61. The highest BCUT2D eigenvalue weighted by Gasteiger charge is 1.99. The third-order valence-electron chi connectivity index (χ3n) is 2.94. The van der Waals surface area contributed by atoms with Crippen LogP contribution in [0.1, 0.15) is 11.1 Å². The fourth-order valence-corrected chi connectivity index (χ4v) is 1.79. The zero-order valence-corrected chi connectivity index (χ0v) is 11.6. The minimum Gasteiger partial charge on any atom is -0.484 e. The third-order valence-corrected chi connectivity index (χ3v) is 2.94. The number of rotatable bonds is 7. The van der Waals surface area contributed by atoms with Crippen molar-refractivity contribution in [2.24, 2.45) is 5.73 Å². The molecule has 4 N–H and O–H groups in total. The van der Waals surface area contributed by atoms with Crippen molar-refractivity contribution in [1.82, 2.24) is 0 Å². The zero-order valence-electron chi connectivity index (χ0n) is 11.6. The van der Waals surface area contributed by atoms with Crippen molar-refractivity contribution >= 4 is 11.6 Å². The number of nitrogens with one attached hydrogen (secondary N) is 1. The Balaban J connectivity index is 1.86. The van der Waals surface area contributed by atoms with E-state index in [2.05, 4.69) is 5.32 Å². The second kappa shape index (κ2) is 7.31. The van der Waals surface area contributed by atoms with Crippen LogP contribution in [0, 0.1) is 0 Å². The van der Waals surface area contributed by atoms with E-state index in [4.69, 9.17) is 15.6 Å². The summed E-state index contributed by atoms with van der Waals surface area (Å²) in [5, 5.41) is 12.3. The molecule has 2 rings (SSSR count). The summed E-state index contributed by atoms with van der Waals surface area (Å²) < 4.78 is 5.19. The average Bonchev–Trinajstić information content (AvgIpc) is 2.52. The quantitative estimate of drug-likeness (QED) is 0.722. The Morgan fingerprint density at radius 3 is 2.24 bits per heavy atom. The van der Waals surface area contributed by atoms with E-state index in [1.165, 1.54) is 0 Å². The maximum Gasteiger partial charge on any atom is 0.255 e. The largest absolute Gasteiger partial charge is 0.484 e. The van der Waals surface area contributed by atoms with Gasteiger partial charge in [0.2, 0.25) is 0 Å². The van der Waals surface area contributed by atoms with Crippen molar-refractivity contribution in [3.63, 3.8) is 0 Å². The summed E-state index contributed by atoms with van der Waals surface area (Å²) in [7, 11) is 0. The highest BCUT2D eigenvalue weighted by atomic mass is 16.5. The molecular formula is C16H18N2O3. The highest BCUT2D eigenvalue weighted by molar-refractivity contribution is 5.75. The Bertz CT molecular complexity index is 579. The highest BCUT2D eigenvalue weighted by Crippen LogP contribution is 2.14. The number of carbonyl (C=O) groups excluding carboxylic acids is 1. The fraction of sp³-hybridized carbons (Fsp3) is 0.188. The summed E-state index contributed by atoms with van der Waals surface area (Å²) >= 11 is 0. The topological polar surface area (TPSA) is 84.6 Å². The Labute approximate surface area is 123 Å². The van der Waals surface area contributed by atoms with Crippen molar-refractivity contribution in [3.05, 3.63) is 59.7 Å². The number of anilines is 1. The molecule has 0 saturated heterocycles. The molecule has 110 valence electrons. The van der Waals surface area contributed by atoms with Gasteiger partial charge in [-0.25, -0.2) is 0 Å². The molecule has 0 aliphatic heterocycles. The Morgan fingerprint density at radius 1 is 1.05 bits per heavy atom. The van der Waals surface area contributed by atoms with Gasteiger partial charge in [0.05, 0.1) is 6.61 Å². The van der Waals surface area contributed by atoms with Gasteiger partial charge in [0, 0.05) is 12.2 Å². The molecule has 5 heteroatoms. The first-order chi connectivity index (χ1) is 10.2. The molecule has 2 aromatic carbocycles. The van der Waals surface area contributed by atoms with E-state index in [1.54, 1.807) is 12.1 Å². The van der Waals surface area contributed by atoms with Crippen LogP contribution in [0.3, 0.4) is 0 Å². The van der Waals surface area contributed by atoms with Gasteiger partial charge in [-0.05, 0) is 35.4 Å². The van der Waals surface area contributed by atoms with Gasteiger partial charge in [-0.15, -0.1) is 0 Å². The number of ether oxygens (including phenoxy) is 1. The number of aliphatic hydroxyl groups excluding tert-OH is 1. The number of hydrogen-bond donors (Lipinski definition) is 3. The molecule has 0 aliphatic rings. The molecule has 0 heterocycles. The second-order valence-electron chi connectivity index (χ2n) is 4.61. The molecule has 0 unspecified atom stereocenters. The number of amides is 1. The molecule has 0 saturated carbocycles. The third kappa shape index (κ3) is 4.81. The molecule has 0 radical (unpaired) electrons. The SMILES string of the molecule is NC(=O)COc1ccc(CNc2ccc(CO)cc2)cc1. The molecule has 21 heavy (non-hydrogen) atoms. The summed E-state index contributed by atoms with van der Waals surface area (Å²) in [6.45, 7) is 0.608. The summed E-state index contributed by atoms with van der Waals surface area (Å²) in [6.07, 6.45) is 0. The Kier molecular flexibility index (Phi) is 5.17. The zero-order chi connectivity index (χ0) is 15.1. The number of benzene rings is 2. The number of hydrogen-bond acceptors (Lipinski definition) is 4. The minimum atomic E-state index is -0.493. The van der Waals surface area contributed by atoms with E-state index in [0.717, 1.165) is 16.8 Å². The van der Waals surface area contributed by atoms with E-state index in [-0.39, 0.29) is 13.2 Å². The molecule has 0 aliphatic carbocycles. The number of aliphatic hydroxyl groups is 1. The van der Waals surface area contributed by atoms with Gasteiger partial charge in [-0.2, -0.15) is 0 Å². The molecule has 0 atom stereocenters. The van der Waals surface area contributed by atoms with Gasteiger partial charge < -0.3 is 20.9 Å². The van der Waals surface area contributed by atoms with Gasteiger partial charge in [-0.3, -0.25) is 4.79 Å². The lowest BCUT2D eigenvalue weighted by Gasteiger charge is -2.08. The van der Waals surface area contributed by atoms with Crippen molar-refractivity contribution < 1.29 is 14.6 Å². The lowest BCUT2D eigenvalue weighted by molar-refractivity contribution is -0.119. The van der Waals surface area contributed by atoms with Crippen molar-refractivity contribution in [2.75, 3.05) is 11.9 Å². The molecule has 0 fully saturated rings. The van der Waals surface area contributed by atoms with Crippen LogP contribution in [-0.4, -0.2) is 17.6 Å². The normalized spacial score (nSPS) is 10.1. The average molecular weight is 286 g/mol. The second-order valence-corrected chi connectivity index (χ2v) is 4.61. The molecule has 0 aromatic heterocycles. The van der Waals surface area contributed by atoms with E-state index in [1.807, 2.05) is 36.4 Å². The first kappa shape index (κ1) is 14.9. The lowest BCUT2D eigenvalue weighted by atomic mass is 10.2. The molecular weight excluding hydrogens is 268 g/mol. The Hall–Kier alpha value is -2.53. The monoisotopic (exact) mass is 286 g/mol. The van der Waals surface area contributed by atoms with Crippen molar-refractivity contribution in [2.45, 2.75) is 13.2 Å². The van der Waals surface area contributed by atoms with E-state index < -0.39 is 5.91 Å². The standard InChI is InChI=1S/C16H18N2O3/c17-16(20)11-21-15-7-3-12(4-8-15)9-18-14-5-1-13(10-19)2-6-14/h1-8,18-19H,9-11H2,(H2,17,20). The maximum absolute atomic E-state index is 10.6. The Morgan fingerprint density at radius 2 is 1.67 bits per heavy atom. The molecule has 0 bridgehead atoms. The first-order valence-electron chi connectivity index (χ1n) is 6.61. The van der Waals surface area contributed by atoms with Gasteiger partial charge in [0.15, 0.2) is 6.61 Å². The summed E-state index contributed by atoms with van der Waals surface area (Å²) in [5.41, 5.74) is 7.98. The van der Waals surface area contributed by atoms with Crippen LogP contribution in [0.2, 0.25) is 0 Å². The van der Waals surface area contributed by atoms with Crippen LogP contribution in [0.25, 0.3) is 0 Å². The van der Waals surface area contributed by atoms with Crippen LogP contribution < -0.4 is 15.8 Å². The predicted molar refractivity (Wildman–Crippen MR) is 80.8 cm³/mol. The summed E-state index contributed by atoms with van der Waals surface area (Å²) in [5.74, 6) is 0.122. The van der Waals surface area contributed by atoms with Crippen LogP contribution in [0.15, 0.2) is 48.5 Å². The van der Waals surface area contributed by atoms with Crippen LogP contribution in [0.4, 0.5) is 5.69 Å². The lowest BCUT2D eigenvalue weighted by Crippen LogP contribution is -2.19. The maximum atomic E-state index is 10.6. The number of carbonyl (C=O) groups is 1. The van der Waals surface area contributed by atoms with E-state index in [0.29, 0.717) is 12.3 Å². The van der Waals surface area contributed by atoms with Crippen LogP contribution in [-0.2, 0) is 17.9 Å². The fourth-order valence-electron chi connectivity index (χ4n) is 1.79. The molecule has 1 amide bonds.